The highest BCUT2D eigenvalue weighted by Crippen LogP contribution is 1.84. The fourth-order valence-electron chi connectivity index (χ4n) is 0.769. The predicted molar refractivity (Wildman–Crippen MR) is 52.6 cm³/mol. The molecule has 0 rings (SSSR count). The van der Waals surface area contributed by atoms with Gasteiger partial charge in [-0.1, -0.05) is 0 Å². The maximum absolute atomic E-state index is 10.9. The summed E-state index contributed by atoms with van der Waals surface area (Å²) < 4.78 is 5.26. The van der Waals surface area contributed by atoms with E-state index in [1.807, 2.05) is 19.9 Å². The van der Waals surface area contributed by atoms with Crippen molar-refractivity contribution in [3.8, 4) is 6.07 Å². The van der Waals surface area contributed by atoms with E-state index < -0.39 is 0 Å². The van der Waals surface area contributed by atoms with Crippen LogP contribution in [-0.2, 0) is 9.53 Å². The van der Waals surface area contributed by atoms with Gasteiger partial charge in [0.1, 0.15) is 6.54 Å². The van der Waals surface area contributed by atoms with E-state index in [1.165, 1.54) is 0 Å². The molecule has 0 saturated heterocycles. The van der Waals surface area contributed by atoms with Crippen molar-refractivity contribution in [1.29, 1.82) is 5.26 Å². The molecule has 80 valence electrons. The van der Waals surface area contributed by atoms with Gasteiger partial charge in [0.05, 0.1) is 25.3 Å². The number of rotatable bonds is 7. The van der Waals surface area contributed by atoms with Crippen LogP contribution in [0.15, 0.2) is 0 Å². The minimum atomic E-state index is -0.170. The number of carbonyl (C=O) groups excluding carboxylic acids is 1. The second-order valence-corrected chi connectivity index (χ2v) is 3.03. The summed E-state index contributed by atoms with van der Waals surface area (Å²) in [7, 11) is 0. The molecule has 1 amide bonds. The summed E-state index contributed by atoms with van der Waals surface area (Å²) in [5.41, 5.74) is 0. The lowest BCUT2D eigenvalue weighted by Crippen LogP contribution is -2.35. The highest BCUT2D eigenvalue weighted by molar-refractivity contribution is 5.78. The van der Waals surface area contributed by atoms with E-state index in [2.05, 4.69) is 10.6 Å². The second-order valence-electron chi connectivity index (χ2n) is 3.03. The largest absolute Gasteiger partial charge is 0.377 e. The third-order valence-corrected chi connectivity index (χ3v) is 1.38. The minimum Gasteiger partial charge on any atom is -0.377 e. The molecule has 0 aromatic heterocycles. The molecule has 0 fully saturated rings. The lowest BCUT2D eigenvalue weighted by atomic mass is 10.5. The Morgan fingerprint density at radius 3 is 2.86 bits per heavy atom. The van der Waals surface area contributed by atoms with Crippen molar-refractivity contribution >= 4 is 5.91 Å². The molecule has 0 unspecified atom stereocenters. The van der Waals surface area contributed by atoms with Crippen LogP contribution in [-0.4, -0.2) is 38.3 Å². The number of hydrogen-bond acceptors (Lipinski definition) is 4. The zero-order chi connectivity index (χ0) is 10.8. The summed E-state index contributed by atoms with van der Waals surface area (Å²) in [4.78, 5) is 10.9. The maximum Gasteiger partial charge on any atom is 0.234 e. The van der Waals surface area contributed by atoms with Crippen molar-refractivity contribution in [2.45, 2.75) is 20.0 Å². The lowest BCUT2D eigenvalue weighted by Gasteiger charge is -2.07. The van der Waals surface area contributed by atoms with Crippen molar-refractivity contribution in [3.63, 3.8) is 0 Å². The van der Waals surface area contributed by atoms with Crippen LogP contribution >= 0.6 is 0 Å². The molecule has 0 aliphatic rings. The SMILES string of the molecule is CC(C)OCCNCC(=O)NCC#N. The number of carbonyl (C=O) groups is 1. The van der Waals surface area contributed by atoms with E-state index in [-0.39, 0.29) is 25.1 Å². The fraction of sp³-hybridized carbons (Fsp3) is 0.778. The Labute approximate surface area is 84.4 Å². The zero-order valence-corrected chi connectivity index (χ0v) is 8.67. The summed E-state index contributed by atoms with van der Waals surface area (Å²) in [6.07, 6.45) is 0.212. The number of amides is 1. The van der Waals surface area contributed by atoms with Crippen molar-refractivity contribution in [1.82, 2.24) is 10.6 Å². The molecule has 0 spiro atoms. The van der Waals surface area contributed by atoms with E-state index in [9.17, 15) is 4.79 Å². The molecule has 0 radical (unpaired) electrons. The third kappa shape index (κ3) is 8.97. The molecule has 0 aliphatic carbocycles. The van der Waals surface area contributed by atoms with Gasteiger partial charge in [0.25, 0.3) is 0 Å². The predicted octanol–water partition coefficient (Wildman–Crippen LogP) is -0.359. The van der Waals surface area contributed by atoms with E-state index in [1.54, 1.807) is 0 Å². The maximum atomic E-state index is 10.9. The molecule has 2 N–H and O–H groups in total. The minimum absolute atomic E-state index is 0.0585. The molecular formula is C9H17N3O2. The van der Waals surface area contributed by atoms with E-state index >= 15 is 0 Å². The average molecular weight is 199 g/mol. The summed E-state index contributed by atoms with van der Waals surface area (Å²) in [5, 5.41) is 13.5. The van der Waals surface area contributed by atoms with E-state index in [4.69, 9.17) is 10.00 Å². The second kappa shape index (κ2) is 8.48. The van der Waals surface area contributed by atoms with Gasteiger partial charge in [-0.05, 0) is 13.8 Å². The van der Waals surface area contributed by atoms with Crippen LogP contribution in [0.5, 0.6) is 0 Å². The molecule has 5 nitrogen and oxygen atoms in total. The van der Waals surface area contributed by atoms with E-state index in [0.717, 1.165) is 0 Å². The zero-order valence-electron chi connectivity index (χ0n) is 8.67. The summed E-state index contributed by atoms with van der Waals surface area (Å²) in [6, 6.07) is 1.83. The van der Waals surface area contributed by atoms with Gasteiger partial charge < -0.3 is 15.4 Å². The topological polar surface area (TPSA) is 74.2 Å². The number of ether oxygens (including phenoxy) is 1. The van der Waals surface area contributed by atoms with Crippen LogP contribution in [0.1, 0.15) is 13.8 Å². The molecule has 0 aromatic rings. The summed E-state index contributed by atoms with van der Waals surface area (Å²) in [6.45, 7) is 5.42. The highest BCUT2D eigenvalue weighted by Gasteiger charge is 1.98. The Bertz CT molecular complexity index is 199. The van der Waals surface area contributed by atoms with Gasteiger partial charge in [0.15, 0.2) is 0 Å². The molecule has 0 aromatic carbocycles. The van der Waals surface area contributed by atoms with E-state index in [0.29, 0.717) is 13.2 Å². The van der Waals surface area contributed by atoms with Crippen LogP contribution in [0.4, 0.5) is 0 Å². The van der Waals surface area contributed by atoms with Gasteiger partial charge in [-0.2, -0.15) is 5.26 Å². The Morgan fingerprint density at radius 1 is 1.57 bits per heavy atom. The standard InChI is InChI=1S/C9H17N3O2/c1-8(2)14-6-5-11-7-9(13)12-4-3-10/h8,11H,4-7H2,1-2H3,(H,12,13). The molecular weight excluding hydrogens is 182 g/mol. The lowest BCUT2D eigenvalue weighted by molar-refractivity contribution is -0.120. The highest BCUT2D eigenvalue weighted by atomic mass is 16.5. The first-order valence-corrected chi connectivity index (χ1v) is 4.62. The number of nitrogens with one attached hydrogen (secondary N) is 2. The smallest absolute Gasteiger partial charge is 0.234 e. The van der Waals surface area contributed by atoms with Crippen molar-refractivity contribution in [2.24, 2.45) is 0 Å². The number of nitrogens with zero attached hydrogens (tertiary/aromatic N) is 1. The molecule has 14 heavy (non-hydrogen) atoms. The molecule has 0 aliphatic heterocycles. The first-order chi connectivity index (χ1) is 6.66. The van der Waals surface area contributed by atoms with Gasteiger partial charge in [-0.15, -0.1) is 0 Å². The Balaban J connectivity index is 3.20. The van der Waals surface area contributed by atoms with Crippen LogP contribution in [0.2, 0.25) is 0 Å². The van der Waals surface area contributed by atoms with Crippen molar-refractivity contribution in [3.05, 3.63) is 0 Å². The first kappa shape index (κ1) is 12.9. The van der Waals surface area contributed by atoms with Crippen molar-refractivity contribution in [2.75, 3.05) is 26.2 Å². The van der Waals surface area contributed by atoms with Crippen LogP contribution in [0.3, 0.4) is 0 Å². The van der Waals surface area contributed by atoms with Gasteiger partial charge in [-0.25, -0.2) is 0 Å². The van der Waals surface area contributed by atoms with Crippen LogP contribution in [0.25, 0.3) is 0 Å². The first-order valence-electron chi connectivity index (χ1n) is 4.62. The molecule has 0 bridgehead atoms. The third-order valence-electron chi connectivity index (χ3n) is 1.38. The molecule has 0 atom stereocenters. The van der Waals surface area contributed by atoms with Crippen LogP contribution in [0, 0.1) is 11.3 Å². The normalized spacial score (nSPS) is 9.86. The Kier molecular flexibility index (Phi) is 7.80. The molecule has 5 heteroatoms. The summed E-state index contributed by atoms with van der Waals surface area (Å²) in [5.74, 6) is -0.170. The number of hydrogen-bond donors (Lipinski definition) is 2. The summed E-state index contributed by atoms with van der Waals surface area (Å²) >= 11 is 0. The fourth-order valence-corrected chi connectivity index (χ4v) is 0.769. The van der Waals surface area contributed by atoms with Gasteiger partial charge in [0.2, 0.25) is 5.91 Å². The Hall–Kier alpha value is -1.12. The van der Waals surface area contributed by atoms with Gasteiger partial charge >= 0.3 is 0 Å². The van der Waals surface area contributed by atoms with Crippen LogP contribution < -0.4 is 10.6 Å². The average Bonchev–Trinajstić information content (AvgIpc) is 2.13. The van der Waals surface area contributed by atoms with Crippen molar-refractivity contribution < 1.29 is 9.53 Å². The molecule has 0 saturated carbocycles. The van der Waals surface area contributed by atoms with Gasteiger partial charge in [-0.3, -0.25) is 4.79 Å². The monoisotopic (exact) mass is 199 g/mol. The number of nitriles is 1. The quantitative estimate of drug-likeness (QED) is 0.434. The van der Waals surface area contributed by atoms with Gasteiger partial charge in [0, 0.05) is 6.54 Å². The Morgan fingerprint density at radius 2 is 2.29 bits per heavy atom. The molecule has 0 heterocycles.